The molecule has 0 bridgehead atoms. The molecule has 0 aliphatic heterocycles. The van der Waals surface area contributed by atoms with Gasteiger partial charge >= 0.3 is 6.18 Å². The highest BCUT2D eigenvalue weighted by Gasteiger charge is 2.32. The van der Waals surface area contributed by atoms with Gasteiger partial charge < -0.3 is 10.4 Å². The number of aromatic nitrogens is 1. The van der Waals surface area contributed by atoms with Crippen LogP contribution in [0.15, 0.2) is 42.7 Å². The molecule has 2 N–H and O–H groups in total. The van der Waals surface area contributed by atoms with Gasteiger partial charge in [-0.05, 0) is 17.7 Å². The number of benzene rings is 1. The van der Waals surface area contributed by atoms with Crippen LogP contribution in [0.2, 0.25) is 0 Å². The molecule has 0 saturated heterocycles. The Kier molecular flexibility index (Phi) is 4.11. The van der Waals surface area contributed by atoms with E-state index in [1.807, 2.05) is 0 Å². The average molecular weight is 296 g/mol. The maximum Gasteiger partial charge on any atom is 0.416 e. The number of nitrogens with one attached hydrogen (secondary N) is 1. The summed E-state index contributed by atoms with van der Waals surface area (Å²) < 4.78 is 38.4. The van der Waals surface area contributed by atoms with E-state index < -0.39 is 17.6 Å². The standard InChI is InChI=1S/C14H11F3N2O2/c15-14(16,17)11-4-2-1-3-9(11)7-19-13(21)10-5-6-18-8-12(10)20/h1-6,8,20H,7H2,(H,19,21). The minimum Gasteiger partial charge on any atom is -0.505 e. The van der Waals surface area contributed by atoms with E-state index in [9.17, 15) is 23.1 Å². The SMILES string of the molecule is O=C(NCc1ccccc1C(F)(F)F)c1ccncc1O. The first kappa shape index (κ1) is 14.8. The number of carbonyl (C=O) groups excluding carboxylic acids is 1. The summed E-state index contributed by atoms with van der Waals surface area (Å²) in [6, 6.07) is 6.25. The molecule has 0 radical (unpaired) electrons. The van der Waals surface area contributed by atoms with Gasteiger partial charge in [0.15, 0.2) is 0 Å². The van der Waals surface area contributed by atoms with Gasteiger partial charge in [-0.15, -0.1) is 0 Å². The molecular formula is C14H11F3N2O2. The minimum absolute atomic E-state index is 0.0468. The molecule has 7 heteroatoms. The molecule has 1 heterocycles. The predicted octanol–water partition coefficient (Wildman–Crippen LogP) is 2.74. The van der Waals surface area contributed by atoms with Crippen molar-refractivity contribution in [3.63, 3.8) is 0 Å². The average Bonchev–Trinajstić information content (AvgIpc) is 2.44. The second-order valence-electron chi connectivity index (χ2n) is 4.23. The van der Waals surface area contributed by atoms with Crippen molar-refractivity contribution in [1.29, 1.82) is 0 Å². The van der Waals surface area contributed by atoms with Crippen molar-refractivity contribution < 1.29 is 23.1 Å². The van der Waals surface area contributed by atoms with Crippen LogP contribution in [0.25, 0.3) is 0 Å². The zero-order chi connectivity index (χ0) is 15.5. The summed E-state index contributed by atoms with van der Waals surface area (Å²) >= 11 is 0. The first-order valence-corrected chi connectivity index (χ1v) is 5.96. The number of amides is 1. The lowest BCUT2D eigenvalue weighted by Crippen LogP contribution is -2.24. The van der Waals surface area contributed by atoms with Gasteiger partial charge in [-0.2, -0.15) is 13.2 Å². The molecule has 0 unspecified atom stereocenters. The minimum atomic E-state index is -4.49. The highest BCUT2D eigenvalue weighted by molar-refractivity contribution is 5.96. The van der Waals surface area contributed by atoms with Gasteiger partial charge in [0.2, 0.25) is 0 Å². The van der Waals surface area contributed by atoms with Crippen LogP contribution in [-0.2, 0) is 12.7 Å². The van der Waals surface area contributed by atoms with Crippen molar-refractivity contribution >= 4 is 5.91 Å². The zero-order valence-electron chi connectivity index (χ0n) is 10.7. The molecule has 0 aliphatic carbocycles. The summed E-state index contributed by atoms with van der Waals surface area (Å²) in [7, 11) is 0. The van der Waals surface area contributed by atoms with Gasteiger partial charge in [-0.25, -0.2) is 0 Å². The molecule has 2 aromatic rings. The molecule has 110 valence electrons. The Morgan fingerprint density at radius 1 is 1.24 bits per heavy atom. The van der Waals surface area contributed by atoms with Gasteiger partial charge in [0.1, 0.15) is 5.75 Å². The Morgan fingerprint density at radius 2 is 1.95 bits per heavy atom. The third kappa shape index (κ3) is 3.50. The van der Waals surface area contributed by atoms with Crippen molar-refractivity contribution in [2.24, 2.45) is 0 Å². The molecule has 21 heavy (non-hydrogen) atoms. The number of carbonyl (C=O) groups is 1. The molecule has 4 nitrogen and oxygen atoms in total. The van der Waals surface area contributed by atoms with Gasteiger partial charge in [-0.1, -0.05) is 18.2 Å². The van der Waals surface area contributed by atoms with Crippen LogP contribution in [0.3, 0.4) is 0 Å². The number of alkyl halides is 3. The van der Waals surface area contributed by atoms with E-state index in [1.54, 1.807) is 0 Å². The van der Waals surface area contributed by atoms with E-state index >= 15 is 0 Å². The largest absolute Gasteiger partial charge is 0.505 e. The third-order valence-corrected chi connectivity index (χ3v) is 2.81. The van der Waals surface area contributed by atoms with E-state index in [0.717, 1.165) is 12.3 Å². The fourth-order valence-electron chi connectivity index (χ4n) is 1.80. The summed E-state index contributed by atoms with van der Waals surface area (Å²) in [5.74, 6) is -1.01. The van der Waals surface area contributed by atoms with Crippen LogP contribution in [0, 0.1) is 0 Å². The first-order chi connectivity index (χ1) is 9.89. The van der Waals surface area contributed by atoms with Gasteiger partial charge in [0.05, 0.1) is 17.3 Å². The maximum atomic E-state index is 12.8. The summed E-state index contributed by atoms with van der Waals surface area (Å²) in [6.07, 6.45) is -2.10. The third-order valence-electron chi connectivity index (χ3n) is 2.81. The fourth-order valence-corrected chi connectivity index (χ4v) is 1.80. The Morgan fingerprint density at radius 3 is 2.62 bits per heavy atom. The molecule has 2 rings (SSSR count). The molecular weight excluding hydrogens is 285 g/mol. The van der Waals surface area contributed by atoms with Crippen LogP contribution in [-0.4, -0.2) is 16.0 Å². The fraction of sp³-hybridized carbons (Fsp3) is 0.143. The first-order valence-electron chi connectivity index (χ1n) is 5.96. The topological polar surface area (TPSA) is 62.2 Å². The van der Waals surface area contributed by atoms with E-state index in [4.69, 9.17) is 0 Å². The number of nitrogens with zero attached hydrogens (tertiary/aromatic N) is 1. The molecule has 1 aromatic heterocycles. The van der Waals surface area contributed by atoms with E-state index in [0.29, 0.717) is 0 Å². The number of rotatable bonds is 3. The second-order valence-corrected chi connectivity index (χ2v) is 4.23. The highest BCUT2D eigenvalue weighted by atomic mass is 19.4. The van der Waals surface area contributed by atoms with Crippen molar-refractivity contribution in [2.45, 2.75) is 12.7 Å². The smallest absolute Gasteiger partial charge is 0.416 e. The normalized spacial score (nSPS) is 11.2. The number of hydrogen-bond donors (Lipinski definition) is 2. The predicted molar refractivity (Wildman–Crippen MR) is 68.5 cm³/mol. The molecule has 1 amide bonds. The van der Waals surface area contributed by atoms with Gasteiger partial charge in [0, 0.05) is 12.7 Å². The number of hydrogen-bond acceptors (Lipinski definition) is 3. The van der Waals surface area contributed by atoms with Crippen molar-refractivity contribution in [3.05, 3.63) is 59.4 Å². The lowest BCUT2D eigenvalue weighted by molar-refractivity contribution is -0.138. The Labute approximate surface area is 118 Å². The molecule has 0 aliphatic rings. The molecule has 0 saturated carbocycles. The zero-order valence-corrected chi connectivity index (χ0v) is 10.7. The molecule has 0 fully saturated rings. The van der Waals surface area contributed by atoms with Crippen LogP contribution in [0.5, 0.6) is 5.75 Å². The molecule has 0 atom stereocenters. The van der Waals surface area contributed by atoms with Crippen molar-refractivity contribution in [2.75, 3.05) is 0 Å². The van der Waals surface area contributed by atoms with Crippen LogP contribution in [0.4, 0.5) is 13.2 Å². The number of pyridine rings is 1. The number of aromatic hydroxyl groups is 1. The molecule has 0 spiro atoms. The van der Waals surface area contributed by atoms with Crippen molar-refractivity contribution in [1.82, 2.24) is 10.3 Å². The Hall–Kier alpha value is -2.57. The Bertz CT molecular complexity index is 657. The lowest BCUT2D eigenvalue weighted by Gasteiger charge is -2.13. The maximum absolute atomic E-state index is 12.8. The van der Waals surface area contributed by atoms with E-state index in [2.05, 4.69) is 10.3 Å². The van der Waals surface area contributed by atoms with E-state index in [1.165, 1.54) is 30.5 Å². The van der Waals surface area contributed by atoms with Crippen LogP contribution < -0.4 is 5.32 Å². The highest BCUT2D eigenvalue weighted by Crippen LogP contribution is 2.31. The van der Waals surface area contributed by atoms with E-state index in [-0.39, 0.29) is 23.4 Å². The summed E-state index contributed by atoms with van der Waals surface area (Å²) in [6.45, 7) is -0.295. The number of halogens is 3. The lowest BCUT2D eigenvalue weighted by atomic mass is 10.1. The quantitative estimate of drug-likeness (QED) is 0.915. The summed E-state index contributed by atoms with van der Waals surface area (Å²) in [5, 5.41) is 11.8. The Balaban J connectivity index is 2.14. The second kappa shape index (κ2) is 5.82. The van der Waals surface area contributed by atoms with Gasteiger partial charge in [0.25, 0.3) is 5.91 Å². The van der Waals surface area contributed by atoms with Gasteiger partial charge in [-0.3, -0.25) is 9.78 Å². The van der Waals surface area contributed by atoms with Crippen LogP contribution >= 0.6 is 0 Å². The monoisotopic (exact) mass is 296 g/mol. The summed E-state index contributed by atoms with van der Waals surface area (Å²) in [4.78, 5) is 15.4. The van der Waals surface area contributed by atoms with Crippen molar-refractivity contribution in [3.8, 4) is 5.75 Å². The van der Waals surface area contributed by atoms with Crippen LogP contribution in [0.1, 0.15) is 21.5 Å². The summed E-state index contributed by atoms with van der Waals surface area (Å²) in [5.41, 5.74) is -0.898. The molecule has 1 aromatic carbocycles.